The molecule has 0 aromatic carbocycles. The van der Waals surface area contributed by atoms with E-state index in [4.69, 9.17) is 14.2 Å². The fraction of sp³-hybridized carbons (Fsp3) is 0.625. The molecule has 0 aliphatic heterocycles. The van der Waals surface area contributed by atoms with E-state index in [-0.39, 0.29) is 38.0 Å². The molecule has 0 spiro atoms. The Morgan fingerprint density at radius 1 is 0.355 bits per heavy atom. The maximum Gasteiger partial charge on any atom is 0.306 e. The fourth-order valence-electron chi connectivity index (χ4n) is 6.42. The van der Waals surface area contributed by atoms with Gasteiger partial charge in [0.15, 0.2) is 6.10 Å². The Kier molecular flexibility index (Phi) is 46.6. The highest BCUT2D eigenvalue weighted by molar-refractivity contribution is 5.71. The molecule has 0 N–H and O–H groups in total. The molecule has 62 heavy (non-hydrogen) atoms. The Morgan fingerprint density at radius 2 is 0.726 bits per heavy atom. The first-order valence-electron chi connectivity index (χ1n) is 25.0. The average Bonchev–Trinajstić information content (AvgIpc) is 3.27. The molecule has 0 aliphatic rings. The van der Waals surface area contributed by atoms with Gasteiger partial charge < -0.3 is 14.2 Å². The summed E-state index contributed by atoms with van der Waals surface area (Å²) in [6.07, 6.45) is 66.6. The maximum absolute atomic E-state index is 12.7. The predicted octanol–water partition coefficient (Wildman–Crippen LogP) is 16.4. The largest absolute Gasteiger partial charge is 0.462 e. The van der Waals surface area contributed by atoms with E-state index in [0.29, 0.717) is 19.3 Å². The number of rotatable bonds is 43. The van der Waals surface area contributed by atoms with Crippen LogP contribution in [0.4, 0.5) is 0 Å². The zero-order valence-electron chi connectivity index (χ0n) is 39.8. The third-order valence-corrected chi connectivity index (χ3v) is 10.1. The molecule has 0 rings (SSSR count). The van der Waals surface area contributed by atoms with Crippen molar-refractivity contribution >= 4 is 17.9 Å². The van der Waals surface area contributed by atoms with Crippen molar-refractivity contribution in [3.63, 3.8) is 0 Å². The molecule has 0 bridgehead atoms. The lowest BCUT2D eigenvalue weighted by Crippen LogP contribution is -2.30. The van der Waals surface area contributed by atoms with Crippen molar-refractivity contribution < 1.29 is 28.6 Å². The topological polar surface area (TPSA) is 78.9 Å². The van der Waals surface area contributed by atoms with Crippen LogP contribution in [0.5, 0.6) is 0 Å². The quantitative estimate of drug-likeness (QED) is 0.0200. The van der Waals surface area contributed by atoms with Crippen LogP contribution in [0.2, 0.25) is 0 Å². The molecule has 1 unspecified atom stereocenters. The van der Waals surface area contributed by atoms with Gasteiger partial charge in [-0.15, -0.1) is 0 Å². The third-order valence-electron chi connectivity index (χ3n) is 10.1. The highest BCUT2D eigenvalue weighted by Gasteiger charge is 2.19. The molecule has 0 radical (unpaired) electrons. The van der Waals surface area contributed by atoms with Crippen molar-refractivity contribution in [1.82, 2.24) is 0 Å². The number of hydrogen-bond donors (Lipinski definition) is 0. The first-order chi connectivity index (χ1) is 30.5. The predicted molar refractivity (Wildman–Crippen MR) is 265 cm³/mol. The fourth-order valence-corrected chi connectivity index (χ4v) is 6.42. The summed E-state index contributed by atoms with van der Waals surface area (Å²) in [7, 11) is 0. The monoisotopic (exact) mass is 859 g/mol. The highest BCUT2D eigenvalue weighted by Crippen LogP contribution is 2.13. The number of esters is 3. The second-order valence-corrected chi connectivity index (χ2v) is 16.1. The Balaban J connectivity index is 4.48. The van der Waals surface area contributed by atoms with Crippen LogP contribution in [0.25, 0.3) is 0 Å². The summed E-state index contributed by atoms with van der Waals surface area (Å²) >= 11 is 0. The molecule has 0 aromatic rings. The Bertz CT molecular complexity index is 1310. The van der Waals surface area contributed by atoms with Gasteiger partial charge in [-0.2, -0.15) is 0 Å². The lowest BCUT2D eigenvalue weighted by atomic mass is 10.1. The minimum absolute atomic E-state index is 0.123. The van der Waals surface area contributed by atoms with E-state index in [0.717, 1.165) is 64.2 Å². The molecule has 0 fully saturated rings. The number of ether oxygens (including phenoxy) is 3. The second-order valence-electron chi connectivity index (χ2n) is 16.1. The normalized spacial score (nSPS) is 13.0. The van der Waals surface area contributed by atoms with Gasteiger partial charge >= 0.3 is 17.9 Å². The summed E-state index contributed by atoms with van der Waals surface area (Å²) in [5, 5.41) is 0. The van der Waals surface area contributed by atoms with Crippen molar-refractivity contribution in [2.24, 2.45) is 0 Å². The summed E-state index contributed by atoms with van der Waals surface area (Å²) in [4.78, 5) is 37.8. The molecule has 0 heterocycles. The Labute approximate surface area is 380 Å². The van der Waals surface area contributed by atoms with Crippen molar-refractivity contribution in [2.75, 3.05) is 13.2 Å². The molecule has 0 aromatic heterocycles. The van der Waals surface area contributed by atoms with Crippen LogP contribution < -0.4 is 0 Å². The molecule has 6 nitrogen and oxygen atoms in total. The summed E-state index contributed by atoms with van der Waals surface area (Å²) in [6, 6.07) is 0. The lowest BCUT2D eigenvalue weighted by Gasteiger charge is -2.18. The lowest BCUT2D eigenvalue weighted by molar-refractivity contribution is -0.167. The van der Waals surface area contributed by atoms with Gasteiger partial charge in [-0.25, -0.2) is 0 Å². The Morgan fingerprint density at radius 3 is 1.26 bits per heavy atom. The molecule has 350 valence electrons. The van der Waals surface area contributed by atoms with Gasteiger partial charge in [0.25, 0.3) is 0 Å². The molecule has 0 aliphatic carbocycles. The van der Waals surface area contributed by atoms with Crippen LogP contribution in [-0.2, 0) is 28.6 Å². The Hall–Kier alpha value is -3.93. The van der Waals surface area contributed by atoms with Gasteiger partial charge in [-0.3, -0.25) is 14.4 Å². The minimum atomic E-state index is -0.833. The van der Waals surface area contributed by atoms with Gasteiger partial charge in [0.2, 0.25) is 0 Å². The number of carbonyl (C=O) groups is 3. The van der Waals surface area contributed by atoms with Crippen molar-refractivity contribution in [3.8, 4) is 0 Å². The number of allylic oxidation sites excluding steroid dienone is 18. The first-order valence-corrected chi connectivity index (χ1v) is 25.0. The molecule has 6 heteroatoms. The zero-order valence-corrected chi connectivity index (χ0v) is 39.8. The van der Waals surface area contributed by atoms with Crippen LogP contribution in [0, 0.1) is 0 Å². The molecule has 0 saturated carbocycles. The molecule has 0 amide bonds. The highest BCUT2D eigenvalue weighted by atomic mass is 16.6. The summed E-state index contributed by atoms with van der Waals surface area (Å²) in [6.45, 7) is 6.26. The van der Waals surface area contributed by atoms with Crippen LogP contribution in [0.1, 0.15) is 207 Å². The number of carbonyl (C=O) groups excluding carboxylic acids is 3. The summed E-state index contributed by atoms with van der Waals surface area (Å²) in [5.74, 6) is -1.05. The van der Waals surface area contributed by atoms with Crippen LogP contribution in [0.15, 0.2) is 109 Å². The van der Waals surface area contributed by atoms with E-state index in [1.165, 1.54) is 89.9 Å². The van der Waals surface area contributed by atoms with Crippen molar-refractivity contribution in [2.45, 2.75) is 213 Å². The van der Waals surface area contributed by atoms with E-state index < -0.39 is 12.1 Å². The van der Waals surface area contributed by atoms with Gasteiger partial charge in [0.1, 0.15) is 13.2 Å². The van der Waals surface area contributed by atoms with Crippen molar-refractivity contribution in [1.29, 1.82) is 0 Å². The number of hydrogen-bond acceptors (Lipinski definition) is 6. The molecule has 0 saturated heterocycles. The smallest absolute Gasteiger partial charge is 0.306 e. The van der Waals surface area contributed by atoms with E-state index in [1.54, 1.807) is 0 Å². The minimum Gasteiger partial charge on any atom is -0.462 e. The van der Waals surface area contributed by atoms with Crippen LogP contribution in [-0.4, -0.2) is 37.2 Å². The first kappa shape index (κ1) is 58.1. The van der Waals surface area contributed by atoms with Crippen molar-refractivity contribution in [3.05, 3.63) is 109 Å². The van der Waals surface area contributed by atoms with Gasteiger partial charge in [-0.1, -0.05) is 207 Å². The zero-order chi connectivity index (χ0) is 45.1. The molecule has 1 atom stereocenters. The van der Waals surface area contributed by atoms with Crippen LogP contribution >= 0.6 is 0 Å². The third kappa shape index (κ3) is 47.1. The van der Waals surface area contributed by atoms with Crippen LogP contribution in [0.3, 0.4) is 0 Å². The SMILES string of the molecule is CC\C=C/C=C\C=C/C=C\C=C/CCCC(=O)OC(COC(=O)CCCC/C=C\C/C=C\C/C=C\CC)COC(=O)CCCCCCCCC/C=C\CCCCCCCCCC. The summed E-state index contributed by atoms with van der Waals surface area (Å²) < 4.78 is 16.6. The second kappa shape index (κ2) is 49.7. The number of unbranched alkanes of at least 4 members (excludes halogenated alkanes) is 18. The van der Waals surface area contributed by atoms with Gasteiger partial charge in [0.05, 0.1) is 0 Å². The average molecular weight is 859 g/mol. The molecular formula is C56H90O6. The summed E-state index contributed by atoms with van der Waals surface area (Å²) in [5.41, 5.74) is 0. The van der Waals surface area contributed by atoms with Gasteiger partial charge in [0, 0.05) is 19.3 Å². The van der Waals surface area contributed by atoms with E-state index >= 15 is 0 Å². The van der Waals surface area contributed by atoms with E-state index in [9.17, 15) is 14.4 Å². The van der Waals surface area contributed by atoms with Gasteiger partial charge in [-0.05, 0) is 89.9 Å². The standard InChI is InChI=1S/C56H90O6/c1-4-7-10-13-16-19-22-25-26-27-28-29-30-32-34-37-40-43-46-49-55(58)61-52-53(51-60-54(57)48-45-42-39-36-33-24-21-18-15-12-9-6-3)62-56(59)50-47-44-41-38-35-31-23-20-17-14-11-8-5-2/h8-9,11-12,14,17-18,20-21,23,27-28,31,33,35-36,38,41,53H,4-7,10,13,15-16,19,22,24-26,29-30,32,34,37,39-40,42-52H2,1-3H3/b11-8-,12-9-,17-14-,21-18-,23-20-,28-27-,35-31-,36-33-,41-38-. The van der Waals surface area contributed by atoms with E-state index in [1.807, 2.05) is 54.7 Å². The molecular weight excluding hydrogens is 769 g/mol. The van der Waals surface area contributed by atoms with E-state index in [2.05, 4.69) is 75.5 Å². The maximum atomic E-state index is 12.7.